The molecule has 0 aliphatic heterocycles. The normalized spacial score (nSPS) is 10.2. The molecule has 0 aliphatic carbocycles. The maximum absolute atomic E-state index is 12.2. The van der Waals surface area contributed by atoms with E-state index in [0.717, 1.165) is 10.6 Å². The van der Waals surface area contributed by atoms with Gasteiger partial charge in [-0.25, -0.2) is 15.0 Å². The highest BCUT2D eigenvalue weighted by atomic mass is 32.1. The van der Waals surface area contributed by atoms with Crippen LogP contribution in [-0.4, -0.2) is 33.8 Å². The third kappa shape index (κ3) is 4.61. The molecule has 3 N–H and O–H groups in total. The minimum absolute atomic E-state index is 0.110. The van der Waals surface area contributed by atoms with Crippen molar-refractivity contribution in [2.75, 3.05) is 17.7 Å². The summed E-state index contributed by atoms with van der Waals surface area (Å²) in [5, 5.41) is 8.68. The second-order valence-electron chi connectivity index (χ2n) is 5.22. The van der Waals surface area contributed by atoms with Gasteiger partial charge in [-0.3, -0.25) is 14.9 Å². The lowest BCUT2D eigenvalue weighted by atomic mass is 10.3. The predicted octanol–water partition coefficient (Wildman–Crippen LogP) is 2.22. The van der Waals surface area contributed by atoms with Crippen molar-refractivity contribution < 1.29 is 9.59 Å². The zero-order chi connectivity index (χ0) is 18.4. The SMILES string of the molecule is CNC(=O)Cc1cnc(NC(=O)c2cnc(Nc3ccccc3)nc2)s1. The lowest BCUT2D eigenvalue weighted by Crippen LogP contribution is -2.19. The fourth-order valence-corrected chi connectivity index (χ4v) is 2.83. The van der Waals surface area contributed by atoms with Crippen molar-refractivity contribution in [1.29, 1.82) is 0 Å². The van der Waals surface area contributed by atoms with Crippen molar-refractivity contribution in [1.82, 2.24) is 20.3 Å². The summed E-state index contributed by atoms with van der Waals surface area (Å²) in [6.45, 7) is 0. The molecule has 0 spiro atoms. The molecule has 0 fully saturated rings. The van der Waals surface area contributed by atoms with Gasteiger partial charge in [0.1, 0.15) is 0 Å². The average molecular weight is 368 g/mol. The van der Waals surface area contributed by atoms with Gasteiger partial charge in [0.25, 0.3) is 5.91 Å². The summed E-state index contributed by atoms with van der Waals surface area (Å²) >= 11 is 1.25. The van der Waals surface area contributed by atoms with E-state index in [1.165, 1.54) is 23.7 Å². The minimum atomic E-state index is -0.364. The number of carbonyl (C=O) groups excluding carboxylic acids is 2. The standard InChI is InChI=1S/C17H16N6O2S/c1-18-14(24)7-13-10-21-17(26-13)23-15(25)11-8-19-16(20-9-11)22-12-5-3-2-4-6-12/h2-6,8-10H,7H2,1H3,(H,18,24)(H,19,20,22)(H,21,23,25). The minimum Gasteiger partial charge on any atom is -0.359 e. The number of thiazole rings is 1. The number of nitrogens with one attached hydrogen (secondary N) is 3. The predicted molar refractivity (Wildman–Crippen MR) is 99.6 cm³/mol. The molecule has 0 bridgehead atoms. The molecule has 2 amide bonds. The molecule has 3 aromatic rings. The van der Waals surface area contributed by atoms with Crippen molar-refractivity contribution in [3.63, 3.8) is 0 Å². The van der Waals surface area contributed by atoms with Crippen LogP contribution >= 0.6 is 11.3 Å². The highest BCUT2D eigenvalue weighted by molar-refractivity contribution is 7.15. The number of aromatic nitrogens is 3. The van der Waals surface area contributed by atoms with E-state index in [1.54, 1.807) is 13.2 Å². The first-order chi connectivity index (χ1) is 12.6. The third-order valence-corrected chi connectivity index (χ3v) is 4.24. The topological polar surface area (TPSA) is 109 Å². The number of likely N-dealkylation sites (N-methyl/N-ethyl adjacent to an activating group) is 1. The lowest BCUT2D eigenvalue weighted by Gasteiger charge is -2.05. The van der Waals surface area contributed by atoms with Gasteiger partial charge in [-0.05, 0) is 12.1 Å². The quantitative estimate of drug-likeness (QED) is 0.616. The van der Waals surface area contributed by atoms with Crippen LogP contribution in [-0.2, 0) is 11.2 Å². The summed E-state index contributed by atoms with van der Waals surface area (Å²) in [7, 11) is 1.57. The molecule has 2 aromatic heterocycles. The van der Waals surface area contributed by atoms with Crippen molar-refractivity contribution >= 4 is 39.9 Å². The number of carbonyl (C=O) groups is 2. The molecule has 2 heterocycles. The van der Waals surface area contributed by atoms with Gasteiger partial charge in [-0.2, -0.15) is 0 Å². The summed E-state index contributed by atoms with van der Waals surface area (Å²) in [4.78, 5) is 36.7. The van der Waals surface area contributed by atoms with Gasteiger partial charge < -0.3 is 10.6 Å². The number of rotatable bonds is 6. The van der Waals surface area contributed by atoms with Gasteiger partial charge >= 0.3 is 0 Å². The summed E-state index contributed by atoms with van der Waals surface area (Å²) < 4.78 is 0. The molecular formula is C17H16N6O2S. The van der Waals surface area contributed by atoms with Crippen LogP contribution in [0.25, 0.3) is 0 Å². The number of hydrogen-bond acceptors (Lipinski definition) is 7. The van der Waals surface area contributed by atoms with Crippen LogP contribution < -0.4 is 16.0 Å². The Bertz CT molecular complexity index is 895. The Balaban J connectivity index is 1.60. The second-order valence-corrected chi connectivity index (χ2v) is 6.34. The Kier molecular flexibility index (Phi) is 5.49. The first-order valence-corrected chi connectivity index (χ1v) is 8.56. The molecule has 0 atom stereocenters. The zero-order valence-corrected chi connectivity index (χ0v) is 14.7. The number of amides is 2. The van der Waals surface area contributed by atoms with E-state index in [2.05, 4.69) is 30.9 Å². The largest absolute Gasteiger partial charge is 0.359 e. The Morgan fingerprint density at radius 2 is 1.77 bits per heavy atom. The van der Waals surface area contributed by atoms with E-state index in [4.69, 9.17) is 0 Å². The van der Waals surface area contributed by atoms with Gasteiger partial charge in [0.2, 0.25) is 11.9 Å². The van der Waals surface area contributed by atoms with E-state index in [-0.39, 0.29) is 18.2 Å². The van der Waals surface area contributed by atoms with Crippen LogP contribution in [0.15, 0.2) is 48.9 Å². The zero-order valence-electron chi connectivity index (χ0n) is 13.9. The maximum Gasteiger partial charge on any atom is 0.260 e. The average Bonchev–Trinajstić information content (AvgIpc) is 3.09. The Hall–Kier alpha value is -3.33. The van der Waals surface area contributed by atoms with Gasteiger partial charge in [0, 0.05) is 36.2 Å². The number of nitrogens with zero attached hydrogens (tertiary/aromatic N) is 3. The Labute approximate surface area is 153 Å². The van der Waals surface area contributed by atoms with Gasteiger partial charge in [0.05, 0.1) is 12.0 Å². The summed E-state index contributed by atoms with van der Waals surface area (Å²) in [6.07, 6.45) is 4.67. The Morgan fingerprint density at radius 1 is 1.04 bits per heavy atom. The van der Waals surface area contributed by atoms with Crippen molar-refractivity contribution in [2.45, 2.75) is 6.42 Å². The van der Waals surface area contributed by atoms with E-state index < -0.39 is 0 Å². The molecule has 3 rings (SSSR count). The molecule has 132 valence electrons. The highest BCUT2D eigenvalue weighted by Crippen LogP contribution is 2.19. The van der Waals surface area contributed by atoms with E-state index in [1.807, 2.05) is 30.3 Å². The van der Waals surface area contributed by atoms with Crippen LogP contribution in [0.1, 0.15) is 15.2 Å². The number of para-hydroxylation sites is 1. The van der Waals surface area contributed by atoms with Crippen molar-refractivity contribution in [3.8, 4) is 0 Å². The molecular weight excluding hydrogens is 352 g/mol. The molecule has 0 unspecified atom stereocenters. The van der Waals surface area contributed by atoms with Crippen LogP contribution in [0, 0.1) is 0 Å². The molecule has 0 saturated carbocycles. The second kappa shape index (κ2) is 8.17. The first-order valence-electron chi connectivity index (χ1n) is 7.75. The lowest BCUT2D eigenvalue weighted by molar-refractivity contribution is -0.119. The van der Waals surface area contributed by atoms with Gasteiger partial charge in [0.15, 0.2) is 5.13 Å². The molecule has 0 saturated heterocycles. The summed E-state index contributed by atoms with van der Waals surface area (Å²) in [5.74, 6) is -0.0756. The summed E-state index contributed by atoms with van der Waals surface area (Å²) in [5.41, 5.74) is 1.17. The molecule has 8 nitrogen and oxygen atoms in total. The van der Waals surface area contributed by atoms with Gasteiger partial charge in [-0.1, -0.05) is 18.2 Å². The molecule has 26 heavy (non-hydrogen) atoms. The van der Waals surface area contributed by atoms with Crippen molar-refractivity contribution in [3.05, 3.63) is 59.4 Å². The van der Waals surface area contributed by atoms with Crippen LogP contribution in [0.4, 0.5) is 16.8 Å². The Morgan fingerprint density at radius 3 is 2.46 bits per heavy atom. The molecule has 0 aliphatic rings. The van der Waals surface area contributed by atoms with Crippen molar-refractivity contribution in [2.24, 2.45) is 0 Å². The van der Waals surface area contributed by atoms with Crippen LogP contribution in [0.3, 0.4) is 0 Å². The summed E-state index contributed by atoms with van der Waals surface area (Å²) in [6, 6.07) is 9.50. The fourth-order valence-electron chi connectivity index (χ4n) is 2.02. The first kappa shape index (κ1) is 17.5. The third-order valence-electron chi connectivity index (χ3n) is 3.33. The van der Waals surface area contributed by atoms with E-state index >= 15 is 0 Å². The van der Waals surface area contributed by atoms with Gasteiger partial charge in [-0.15, -0.1) is 11.3 Å². The highest BCUT2D eigenvalue weighted by Gasteiger charge is 2.12. The van der Waals surface area contributed by atoms with E-state index in [0.29, 0.717) is 16.6 Å². The fraction of sp³-hybridized carbons (Fsp3) is 0.118. The maximum atomic E-state index is 12.2. The number of hydrogen-bond donors (Lipinski definition) is 3. The van der Waals surface area contributed by atoms with Crippen LogP contribution in [0.2, 0.25) is 0 Å². The number of anilines is 3. The smallest absolute Gasteiger partial charge is 0.260 e. The van der Waals surface area contributed by atoms with E-state index in [9.17, 15) is 9.59 Å². The monoisotopic (exact) mass is 368 g/mol. The van der Waals surface area contributed by atoms with Crippen LogP contribution in [0.5, 0.6) is 0 Å². The molecule has 9 heteroatoms. The molecule has 0 radical (unpaired) electrons. The molecule has 1 aromatic carbocycles. The number of benzene rings is 1.